The molecule has 0 bridgehead atoms. The molecule has 1 spiro atoms. The van der Waals surface area contributed by atoms with Crippen molar-refractivity contribution in [2.24, 2.45) is 0 Å². The fraction of sp³-hybridized carbons (Fsp3) is 0.444. The van der Waals surface area contributed by atoms with Gasteiger partial charge in [-0.3, -0.25) is 0 Å². The molecule has 0 radical (unpaired) electrons. The van der Waals surface area contributed by atoms with Crippen molar-refractivity contribution in [1.82, 2.24) is 19.6 Å². The molecule has 0 saturated carbocycles. The number of piperidine rings is 1. The van der Waals surface area contributed by atoms with Crippen LogP contribution >= 0.6 is 22.7 Å². The highest BCUT2D eigenvalue weighted by atomic mass is 32.1. The van der Waals surface area contributed by atoms with E-state index in [0.29, 0.717) is 53.6 Å². The van der Waals surface area contributed by atoms with Crippen LogP contribution in [0.25, 0.3) is 27.4 Å². The molecule has 2 aliphatic rings. The van der Waals surface area contributed by atoms with E-state index in [9.17, 15) is 0 Å². The van der Waals surface area contributed by atoms with E-state index in [1.54, 1.807) is 30.1 Å². The minimum atomic E-state index is -0.392. The first-order valence-electron chi connectivity index (χ1n) is 13.2. The number of hydrogen-bond acceptors (Lipinski definition) is 12. The maximum Gasteiger partial charge on any atom is 0.294 e. The number of ether oxygens (including phenoxy) is 5. The fourth-order valence-electron chi connectivity index (χ4n) is 4.81. The Balaban J connectivity index is 0.00000142. The molecule has 11 nitrogen and oxygen atoms in total. The molecule has 212 valence electrons. The molecular weight excluding hydrogens is 554 g/mol. The molecule has 2 aliphatic heterocycles. The summed E-state index contributed by atoms with van der Waals surface area (Å²) in [5.74, 6) is 1.52. The van der Waals surface area contributed by atoms with Gasteiger partial charge in [-0.25, -0.2) is 14.5 Å². The molecule has 40 heavy (non-hydrogen) atoms. The van der Waals surface area contributed by atoms with Gasteiger partial charge in [0.25, 0.3) is 5.19 Å². The number of aromatic nitrogens is 4. The average Bonchev–Trinajstić information content (AvgIpc) is 3.81. The van der Waals surface area contributed by atoms with Gasteiger partial charge in [0.15, 0.2) is 16.7 Å². The Hall–Kier alpha value is -3.39. The summed E-state index contributed by atoms with van der Waals surface area (Å²) < 4.78 is 36.4. The normalized spacial score (nSPS) is 16.4. The monoisotopic (exact) mass is 585 g/mol. The van der Waals surface area contributed by atoms with Crippen LogP contribution in [0.5, 0.6) is 16.7 Å². The van der Waals surface area contributed by atoms with Gasteiger partial charge in [0.05, 0.1) is 44.7 Å². The minimum Gasteiger partial charge on any atom is -0.496 e. The Morgan fingerprint density at radius 3 is 2.55 bits per heavy atom. The molecule has 4 aromatic heterocycles. The van der Waals surface area contributed by atoms with Gasteiger partial charge in [-0.05, 0) is 17.4 Å². The molecule has 0 aliphatic carbocycles. The SMILES string of the molecule is CC.COc1cc(OCc2csc(N3CCC4(CC3)OCCO4)n2)c2cc(-c3cn4nc(OC)sc4n3)oc2c1. The lowest BCUT2D eigenvalue weighted by Crippen LogP contribution is -2.45. The zero-order chi connectivity index (χ0) is 27.7. The van der Waals surface area contributed by atoms with Gasteiger partial charge in [0.1, 0.15) is 29.4 Å². The second-order valence-corrected chi connectivity index (χ2v) is 10.8. The van der Waals surface area contributed by atoms with E-state index >= 15 is 0 Å². The number of benzene rings is 1. The zero-order valence-electron chi connectivity index (χ0n) is 22.8. The Morgan fingerprint density at radius 1 is 1.02 bits per heavy atom. The number of fused-ring (bicyclic) bond motifs is 2. The summed E-state index contributed by atoms with van der Waals surface area (Å²) in [7, 11) is 3.21. The van der Waals surface area contributed by atoms with Crippen LogP contribution in [0.3, 0.4) is 0 Å². The van der Waals surface area contributed by atoms with Crippen molar-refractivity contribution >= 4 is 43.7 Å². The molecule has 6 heterocycles. The maximum atomic E-state index is 6.24. The van der Waals surface area contributed by atoms with Crippen LogP contribution in [-0.4, -0.2) is 65.9 Å². The van der Waals surface area contributed by atoms with Crippen molar-refractivity contribution in [2.45, 2.75) is 39.1 Å². The van der Waals surface area contributed by atoms with Crippen molar-refractivity contribution in [3.63, 3.8) is 0 Å². The van der Waals surface area contributed by atoms with Crippen molar-refractivity contribution in [1.29, 1.82) is 0 Å². The molecule has 0 unspecified atom stereocenters. The third-order valence-corrected chi connectivity index (χ3v) is 8.62. The van der Waals surface area contributed by atoms with E-state index in [0.717, 1.165) is 47.1 Å². The number of methoxy groups -OCH3 is 2. The average molecular weight is 586 g/mol. The Kier molecular flexibility index (Phi) is 7.53. The third-order valence-electron chi connectivity index (χ3n) is 6.78. The number of nitrogens with zero attached hydrogens (tertiary/aromatic N) is 5. The van der Waals surface area contributed by atoms with Gasteiger partial charge < -0.3 is 33.0 Å². The van der Waals surface area contributed by atoms with Crippen LogP contribution in [0, 0.1) is 0 Å². The summed E-state index contributed by atoms with van der Waals surface area (Å²) in [4.78, 5) is 12.5. The van der Waals surface area contributed by atoms with Crippen LogP contribution in [0.2, 0.25) is 0 Å². The molecule has 0 N–H and O–H groups in total. The van der Waals surface area contributed by atoms with Gasteiger partial charge in [-0.15, -0.1) is 16.4 Å². The molecule has 2 fully saturated rings. The van der Waals surface area contributed by atoms with Crippen molar-refractivity contribution < 1.29 is 28.1 Å². The van der Waals surface area contributed by atoms with Gasteiger partial charge in [0, 0.05) is 43.4 Å². The van der Waals surface area contributed by atoms with Crippen molar-refractivity contribution in [2.75, 3.05) is 45.4 Å². The van der Waals surface area contributed by atoms with E-state index in [4.69, 9.17) is 33.1 Å². The van der Waals surface area contributed by atoms with Crippen LogP contribution < -0.4 is 19.1 Å². The molecule has 1 aromatic carbocycles. The molecular formula is C27H31N5O6S2. The molecule has 0 atom stereocenters. The number of thiazole rings is 1. The standard InChI is InChI=1S/C25H25N5O6S2.C2H6/c1-31-16-9-19(17-11-21(36-20(17)10-16)18-12-30-23(27-18)38-24(28-30)32-2)33-13-15-14-37-22(26-15)29-5-3-25(4-6-29)34-7-8-35-25;1-2/h9-12,14H,3-8,13H2,1-2H3;1-2H3. The summed E-state index contributed by atoms with van der Waals surface area (Å²) >= 11 is 2.99. The summed E-state index contributed by atoms with van der Waals surface area (Å²) in [5, 5.41) is 8.75. The van der Waals surface area contributed by atoms with E-state index in [1.165, 1.54) is 11.3 Å². The van der Waals surface area contributed by atoms with Gasteiger partial charge in [-0.1, -0.05) is 13.8 Å². The number of imidazole rings is 1. The van der Waals surface area contributed by atoms with Gasteiger partial charge in [0.2, 0.25) is 4.96 Å². The predicted molar refractivity (Wildman–Crippen MR) is 153 cm³/mol. The summed E-state index contributed by atoms with van der Waals surface area (Å²) in [6.45, 7) is 7.41. The Labute approximate surface area is 239 Å². The van der Waals surface area contributed by atoms with Crippen molar-refractivity contribution in [3.05, 3.63) is 35.5 Å². The lowest BCUT2D eigenvalue weighted by atomic mass is 10.0. The molecule has 5 aromatic rings. The Morgan fingerprint density at radius 2 is 1.82 bits per heavy atom. The first-order chi connectivity index (χ1) is 19.6. The van der Waals surface area contributed by atoms with Crippen LogP contribution in [0.1, 0.15) is 32.4 Å². The van der Waals surface area contributed by atoms with Crippen LogP contribution in [-0.2, 0) is 16.1 Å². The number of furan rings is 1. The first kappa shape index (κ1) is 26.8. The summed E-state index contributed by atoms with van der Waals surface area (Å²) in [5.41, 5.74) is 2.19. The molecule has 2 saturated heterocycles. The minimum absolute atomic E-state index is 0.327. The molecule has 0 amide bonds. The summed E-state index contributed by atoms with van der Waals surface area (Å²) in [6, 6.07) is 5.63. The van der Waals surface area contributed by atoms with E-state index in [1.807, 2.05) is 43.6 Å². The first-order valence-corrected chi connectivity index (χ1v) is 14.9. The quantitative estimate of drug-likeness (QED) is 0.239. The van der Waals surface area contributed by atoms with E-state index in [-0.39, 0.29) is 0 Å². The third kappa shape index (κ3) is 5.09. The highest BCUT2D eigenvalue weighted by Crippen LogP contribution is 2.38. The predicted octanol–water partition coefficient (Wildman–Crippen LogP) is 5.63. The van der Waals surface area contributed by atoms with E-state index < -0.39 is 5.79 Å². The smallest absolute Gasteiger partial charge is 0.294 e. The van der Waals surface area contributed by atoms with Gasteiger partial charge in [-0.2, -0.15) is 0 Å². The second-order valence-electron chi connectivity index (χ2n) is 9.08. The topological polar surface area (TPSA) is 106 Å². The fourth-order valence-corrected chi connectivity index (χ4v) is 6.38. The summed E-state index contributed by atoms with van der Waals surface area (Å²) in [6.07, 6.45) is 3.51. The number of anilines is 1. The lowest BCUT2D eigenvalue weighted by molar-refractivity contribution is -0.169. The number of hydrogen-bond donors (Lipinski definition) is 0. The Bertz CT molecular complexity index is 1560. The molecule has 13 heteroatoms. The lowest BCUT2D eigenvalue weighted by Gasteiger charge is -2.37. The van der Waals surface area contributed by atoms with Crippen LogP contribution in [0.4, 0.5) is 5.13 Å². The highest BCUT2D eigenvalue weighted by molar-refractivity contribution is 7.18. The largest absolute Gasteiger partial charge is 0.496 e. The zero-order valence-corrected chi connectivity index (χ0v) is 24.5. The number of rotatable bonds is 7. The second kappa shape index (κ2) is 11.2. The maximum absolute atomic E-state index is 6.24. The van der Waals surface area contributed by atoms with Gasteiger partial charge >= 0.3 is 0 Å². The van der Waals surface area contributed by atoms with Crippen LogP contribution in [0.15, 0.2) is 34.2 Å². The van der Waals surface area contributed by atoms with Crippen molar-refractivity contribution in [3.8, 4) is 28.1 Å². The molecule has 7 rings (SSSR count). The van der Waals surface area contributed by atoms with E-state index in [2.05, 4.69) is 15.0 Å². The highest BCUT2D eigenvalue weighted by Gasteiger charge is 2.40.